The molecule has 78 valence electrons. The van der Waals surface area contributed by atoms with E-state index in [0.717, 1.165) is 23.6 Å². The van der Waals surface area contributed by atoms with Crippen molar-refractivity contribution in [1.29, 1.82) is 0 Å². The largest absolute Gasteiger partial charge is 0.238 e. The lowest BCUT2D eigenvalue weighted by Crippen LogP contribution is -2.09. The number of aromatic nitrogens is 2. The molecule has 0 radical (unpaired) electrons. The van der Waals surface area contributed by atoms with Gasteiger partial charge in [0.05, 0.1) is 0 Å². The smallest absolute Gasteiger partial charge is 0.125 e. The molecule has 0 N–H and O–H groups in total. The molecule has 0 amide bonds. The second kappa shape index (κ2) is 4.74. The zero-order valence-corrected chi connectivity index (χ0v) is 9.97. The van der Waals surface area contributed by atoms with Crippen molar-refractivity contribution in [2.75, 3.05) is 0 Å². The lowest BCUT2D eigenvalue weighted by Gasteiger charge is -2.14. The van der Waals surface area contributed by atoms with Gasteiger partial charge in [0.25, 0.3) is 0 Å². The average Bonchev–Trinajstić information content (AvgIpc) is 2.15. The summed E-state index contributed by atoms with van der Waals surface area (Å²) < 4.78 is 0. The van der Waals surface area contributed by atoms with E-state index in [1.54, 1.807) is 0 Å². The zero-order chi connectivity index (χ0) is 10.7. The van der Waals surface area contributed by atoms with Gasteiger partial charge in [-0.3, -0.25) is 0 Å². The van der Waals surface area contributed by atoms with E-state index in [0.29, 0.717) is 0 Å². The summed E-state index contributed by atoms with van der Waals surface area (Å²) in [6.07, 6.45) is 0.944. The first-order valence-electron chi connectivity index (χ1n) is 5.03. The second-order valence-corrected chi connectivity index (χ2v) is 4.34. The Hall–Kier alpha value is -0.630. The summed E-state index contributed by atoms with van der Waals surface area (Å²) in [4.78, 5) is 8.75. The van der Waals surface area contributed by atoms with E-state index in [9.17, 15) is 0 Å². The van der Waals surface area contributed by atoms with E-state index in [-0.39, 0.29) is 11.3 Å². The van der Waals surface area contributed by atoms with E-state index in [1.807, 2.05) is 13.8 Å². The predicted octanol–water partition coefficient (Wildman–Crippen LogP) is 3.08. The first-order chi connectivity index (χ1) is 6.54. The Labute approximate surface area is 90.7 Å². The van der Waals surface area contributed by atoms with Crippen molar-refractivity contribution in [3.8, 4) is 0 Å². The van der Waals surface area contributed by atoms with Crippen LogP contribution in [0, 0.1) is 6.92 Å². The molecule has 3 heteroatoms. The van der Waals surface area contributed by atoms with Crippen molar-refractivity contribution < 1.29 is 0 Å². The van der Waals surface area contributed by atoms with Crippen LogP contribution in [0.4, 0.5) is 0 Å². The average molecular weight is 213 g/mol. The van der Waals surface area contributed by atoms with Gasteiger partial charge in [-0.25, -0.2) is 9.97 Å². The zero-order valence-electron chi connectivity index (χ0n) is 9.21. The standard InChI is InChI=1S/C11H17ClN2/c1-5-10-6-11(7(2)8(3)12)14-9(4)13-10/h6-8H,5H2,1-4H3. The van der Waals surface area contributed by atoms with Crippen LogP contribution >= 0.6 is 11.6 Å². The molecule has 0 aliphatic heterocycles. The maximum absolute atomic E-state index is 6.05. The highest BCUT2D eigenvalue weighted by atomic mass is 35.5. The van der Waals surface area contributed by atoms with E-state index < -0.39 is 0 Å². The van der Waals surface area contributed by atoms with Gasteiger partial charge < -0.3 is 0 Å². The van der Waals surface area contributed by atoms with Gasteiger partial charge in [0, 0.05) is 22.7 Å². The summed E-state index contributed by atoms with van der Waals surface area (Å²) in [5.41, 5.74) is 2.15. The third-order valence-electron chi connectivity index (χ3n) is 2.43. The summed E-state index contributed by atoms with van der Waals surface area (Å²) in [5, 5.41) is 0.106. The van der Waals surface area contributed by atoms with E-state index in [4.69, 9.17) is 11.6 Å². The molecule has 2 atom stereocenters. The molecule has 1 aromatic heterocycles. The molecule has 0 fully saturated rings. The minimum atomic E-state index is 0.106. The van der Waals surface area contributed by atoms with E-state index in [2.05, 4.69) is 29.9 Å². The number of hydrogen-bond acceptors (Lipinski definition) is 2. The maximum atomic E-state index is 6.05. The quantitative estimate of drug-likeness (QED) is 0.720. The van der Waals surface area contributed by atoms with Crippen molar-refractivity contribution in [2.45, 2.75) is 45.4 Å². The molecule has 0 aromatic carbocycles. The minimum absolute atomic E-state index is 0.106. The topological polar surface area (TPSA) is 25.8 Å². The Balaban J connectivity index is 3.02. The number of aryl methyl sites for hydroxylation is 2. The number of hydrogen-bond donors (Lipinski definition) is 0. The first kappa shape index (κ1) is 11.4. The van der Waals surface area contributed by atoms with Gasteiger partial charge >= 0.3 is 0 Å². The molecule has 0 saturated heterocycles. The Kier molecular flexibility index (Phi) is 3.87. The number of nitrogens with zero attached hydrogens (tertiary/aromatic N) is 2. The molecule has 0 aliphatic carbocycles. The van der Waals surface area contributed by atoms with Crippen molar-refractivity contribution in [2.24, 2.45) is 0 Å². The highest BCUT2D eigenvalue weighted by Crippen LogP contribution is 2.21. The van der Waals surface area contributed by atoms with Gasteiger partial charge in [0.15, 0.2) is 0 Å². The van der Waals surface area contributed by atoms with Gasteiger partial charge in [-0.2, -0.15) is 0 Å². The molecular weight excluding hydrogens is 196 g/mol. The molecule has 1 aromatic rings. The molecule has 0 aliphatic rings. The fraction of sp³-hybridized carbons (Fsp3) is 0.636. The van der Waals surface area contributed by atoms with Crippen molar-refractivity contribution in [3.05, 3.63) is 23.3 Å². The van der Waals surface area contributed by atoms with Crippen LogP contribution in [-0.4, -0.2) is 15.3 Å². The van der Waals surface area contributed by atoms with Gasteiger partial charge in [-0.05, 0) is 26.3 Å². The van der Waals surface area contributed by atoms with Crippen LogP contribution in [0.5, 0.6) is 0 Å². The summed E-state index contributed by atoms with van der Waals surface area (Å²) in [6, 6.07) is 2.05. The summed E-state index contributed by atoms with van der Waals surface area (Å²) in [6.45, 7) is 8.11. The van der Waals surface area contributed by atoms with Crippen molar-refractivity contribution in [3.63, 3.8) is 0 Å². The van der Waals surface area contributed by atoms with Gasteiger partial charge in [0.2, 0.25) is 0 Å². The third-order valence-corrected chi connectivity index (χ3v) is 2.81. The predicted molar refractivity (Wildman–Crippen MR) is 59.9 cm³/mol. The van der Waals surface area contributed by atoms with Crippen LogP contribution in [0.15, 0.2) is 6.07 Å². The minimum Gasteiger partial charge on any atom is -0.238 e. The molecular formula is C11H17ClN2. The molecule has 2 unspecified atom stereocenters. The Morgan fingerprint density at radius 1 is 1.36 bits per heavy atom. The molecule has 0 spiro atoms. The summed E-state index contributed by atoms with van der Waals surface area (Å²) in [5.74, 6) is 1.12. The SMILES string of the molecule is CCc1cc(C(C)C(C)Cl)nc(C)n1. The fourth-order valence-electron chi connectivity index (χ4n) is 1.30. The Bertz CT molecular complexity index is 310. The monoisotopic (exact) mass is 212 g/mol. The van der Waals surface area contributed by atoms with Crippen molar-refractivity contribution >= 4 is 11.6 Å². The first-order valence-corrected chi connectivity index (χ1v) is 5.46. The molecule has 0 saturated carbocycles. The lowest BCUT2D eigenvalue weighted by atomic mass is 10.0. The summed E-state index contributed by atoms with van der Waals surface area (Å²) >= 11 is 6.05. The van der Waals surface area contributed by atoms with Crippen LogP contribution in [0.3, 0.4) is 0 Å². The van der Waals surface area contributed by atoms with E-state index in [1.165, 1.54) is 0 Å². The molecule has 1 rings (SSSR count). The van der Waals surface area contributed by atoms with Crippen molar-refractivity contribution in [1.82, 2.24) is 9.97 Å². The number of halogens is 1. The molecule has 1 heterocycles. The number of rotatable bonds is 3. The van der Waals surface area contributed by atoms with Crippen LogP contribution in [-0.2, 0) is 6.42 Å². The molecule has 0 bridgehead atoms. The lowest BCUT2D eigenvalue weighted by molar-refractivity contribution is 0.702. The fourth-order valence-corrected chi connectivity index (χ4v) is 1.43. The van der Waals surface area contributed by atoms with Crippen LogP contribution < -0.4 is 0 Å². The van der Waals surface area contributed by atoms with Crippen LogP contribution in [0.2, 0.25) is 0 Å². The third kappa shape index (κ3) is 2.68. The highest BCUT2D eigenvalue weighted by molar-refractivity contribution is 6.20. The van der Waals surface area contributed by atoms with E-state index >= 15 is 0 Å². The normalized spacial score (nSPS) is 15.2. The van der Waals surface area contributed by atoms with Gasteiger partial charge in [-0.15, -0.1) is 11.6 Å². The van der Waals surface area contributed by atoms with Crippen LogP contribution in [0.1, 0.15) is 43.9 Å². The Morgan fingerprint density at radius 3 is 2.50 bits per heavy atom. The molecule has 14 heavy (non-hydrogen) atoms. The Morgan fingerprint density at radius 2 is 2.00 bits per heavy atom. The van der Waals surface area contributed by atoms with Gasteiger partial charge in [-0.1, -0.05) is 13.8 Å². The molecule has 2 nitrogen and oxygen atoms in total. The van der Waals surface area contributed by atoms with Gasteiger partial charge in [0.1, 0.15) is 5.82 Å². The maximum Gasteiger partial charge on any atom is 0.125 e. The second-order valence-electron chi connectivity index (χ2n) is 3.65. The highest BCUT2D eigenvalue weighted by Gasteiger charge is 2.14. The van der Waals surface area contributed by atoms with Crippen LogP contribution in [0.25, 0.3) is 0 Å². The summed E-state index contributed by atoms with van der Waals surface area (Å²) in [7, 11) is 0. The number of alkyl halides is 1.